The van der Waals surface area contributed by atoms with E-state index < -0.39 is 12.1 Å². The smallest absolute Gasteiger partial charge is 0.334 e. The van der Waals surface area contributed by atoms with Crippen molar-refractivity contribution in [3.8, 4) is 0 Å². The summed E-state index contributed by atoms with van der Waals surface area (Å²) in [5, 5.41) is 8.92. The Labute approximate surface area is 124 Å². The van der Waals surface area contributed by atoms with Crippen molar-refractivity contribution in [3.63, 3.8) is 0 Å². The number of hydrogen-bond donors (Lipinski definition) is 2. The van der Waals surface area contributed by atoms with Crippen molar-refractivity contribution in [1.82, 2.24) is 9.55 Å². The van der Waals surface area contributed by atoms with Crippen molar-refractivity contribution in [2.75, 3.05) is 0 Å². The number of carbonyl (C=O) groups is 1. The summed E-state index contributed by atoms with van der Waals surface area (Å²) in [4.78, 5) is 19.4. The van der Waals surface area contributed by atoms with Crippen molar-refractivity contribution < 1.29 is 14.7 Å². The molecule has 3 N–H and O–H groups in total. The number of allylic oxidation sites excluding steroid dienone is 2. The highest BCUT2D eigenvalue weighted by Crippen LogP contribution is 2.32. The highest BCUT2D eigenvalue weighted by Gasteiger charge is 2.20. The number of carboxylic acid groups (broad SMARTS) is 1. The number of carboxylic acids is 1. The standard InChI is InChI=1S/C15H23N3O3/c16-21-14(15(19)20)7-3-6-13(12-4-1-2-5-12)10-18-9-8-17-11-18/h6,8-9,11-12,14H,1-5,7,10,16H2,(H,19,20). The van der Waals surface area contributed by atoms with Gasteiger partial charge in [0.05, 0.1) is 6.33 Å². The van der Waals surface area contributed by atoms with E-state index in [2.05, 4.69) is 20.5 Å². The van der Waals surface area contributed by atoms with Crippen LogP contribution in [-0.2, 0) is 16.2 Å². The fraction of sp³-hybridized carbons (Fsp3) is 0.600. The van der Waals surface area contributed by atoms with E-state index in [1.165, 1.54) is 31.3 Å². The lowest BCUT2D eigenvalue weighted by Crippen LogP contribution is -2.26. The summed E-state index contributed by atoms with van der Waals surface area (Å²) in [7, 11) is 0. The van der Waals surface area contributed by atoms with Crippen molar-refractivity contribution in [2.24, 2.45) is 11.8 Å². The average Bonchev–Trinajstić information content (AvgIpc) is 3.14. The van der Waals surface area contributed by atoms with Gasteiger partial charge in [0.15, 0.2) is 6.10 Å². The van der Waals surface area contributed by atoms with E-state index in [4.69, 9.17) is 11.0 Å². The molecule has 0 spiro atoms. The summed E-state index contributed by atoms with van der Waals surface area (Å²) in [6.07, 6.45) is 12.8. The Balaban J connectivity index is 1.97. The normalized spacial score (nSPS) is 18.0. The number of rotatable bonds is 8. The molecular formula is C15H23N3O3. The van der Waals surface area contributed by atoms with Gasteiger partial charge in [-0.2, -0.15) is 0 Å². The summed E-state index contributed by atoms with van der Waals surface area (Å²) >= 11 is 0. The largest absolute Gasteiger partial charge is 0.479 e. The van der Waals surface area contributed by atoms with Crippen LogP contribution in [0.2, 0.25) is 0 Å². The van der Waals surface area contributed by atoms with Crippen molar-refractivity contribution in [3.05, 3.63) is 30.4 Å². The molecule has 6 heteroatoms. The van der Waals surface area contributed by atoms with Crippen LogP contribution < -0.4 is 5.90 Å². The number of aromatic nitrogens is 2. The molecule has 1 atom stereocenters. The Morgan fingerprint density at radius 1 is 1.52 bits per heavy atom. The minimum absolute atomic E-state index is 0.395. The van der Waals surface area contributed by atoms with Gasteiger partial charge < -0.3 is 9.67 Å². The second-order valence-corrected chi connectivity index (χ2v) is 5.54. The quantitative estimate of drug-likeness (QED) is 0.566. The maximum absolute atomic E-state index is 10.9. The van der Waals surface area contributed by atoms with Gasteiger partial charge in [-0.1, -0.05) is 24.5 Å². The van der Waals surface area contributed by atoms with Crippen molar-refractivity contribution >= 4 is 5.97 Å². The van der Waals surface area contributed by atoms with E-state index in [0.29, 0.717) is 18.8 Å². The van der Waals surface area contributed by atoms with Crippen molar-refractivity contribution in [2.45, 2.75) is 51.2 Å². The zero-order valence-electron chi connectivity index (χ0n) is 12.1. The third kappa shape index (κ3) is 4.68. The molecule has 0 bridgehead atoms. The van der Waals surface area contributed by atoms with Crippen LogP contribution in [0.3, 0.4) is 0 Å². The van der Waals surface area contributed by atoms with E-state index >= 15 is 0 Å². The summed E-state index contributed by atoms with van der Waals surface area (Å²) in [5.74, 6) is 4.60. The van der Waals surface area contributed by atoms with Crippen LogP contribution >= 0.6 is 0 Å². The minimum atomic E-state index is -1.01. The predicted molar refractivity (Wildman–Crippen MR) is 78.2 cm³/mol. The Morgan fingerprint density at radius 2 is 2.29 bits per heavy atom. The first kappa shape index (κ1) is 15.7. The maximum atomic E-state index is 10.9. The maximum Gasteiger partial charge on any atom is 0.334 e. The van der Waals surface area contributed by atoms with Gasteiger partial charge in [0.1, 0.15) is 0 Å². The zero-order valence-corrected chi connectivity index (χ0v) is 12.1. The van der Waals surface area contributed by atoms with Gasteiger partial charge in [0, 0.05) is 18.9 Å². The number of imidazole rings is 1. The van der Waals surface area contributed by atoms with Gasteiger partial charge in [0.2, 0.25) is 0 Å². The van der Waals surface area contributed by atoms with E-state index in [-0.39, 0.29) is 0 Å². The minimum Gasteiger partial charge on any atom is -0.479 e. The molecule has 1 saturated carbocycles. The van der Waals surface area contributed by atoms with Crippen LogP contribution in [0.15, 0.2) is 30.4 Å². The molecule has 0 saturated heterocycles. The Bertz CT molecular complexity index is 465. The predicted octanol–water partition coefficient (Wildman–Crippen LogP) is 2.12. The highest BCUT2D eigenvalue weighted by atomic mass is 16.6. The summed E-state index contributed by atoms with van der Waals surface area (Å²) in [6.45, 7) is 0.825. The van der Waals surface area contributed by atoms with Crippen LogP contribution in [0, 0.1) is 5.92 Å². The van der Waals surface area contributed by atoms with Gasteiger partial charge in [-0.3, -0.25) is 4.84 Å². The fourth-order valence-electron chi connectivity index (χ4n) is 2.92. The van der Waals surface area contributed by atoms with Crippen LogP contribution in [-0.4, -0.2) is 26.7 Å². The summed E-state index contributed by atoms with van der Waals surface area (Å²) < 4.78 is 2.05. The number of nitrogens with zero attached hydrogens (tertiary/aromatic N) is 2. The van der Waals surface area contributed by atoms with Gasteiger partial charge >= 0.3 is 5.97 Å². The number of hydrogen-bond acceptors (Lipinski definition) is 4. The number of aliphatic carboxylic acids is 1. The van der Waals surface area contributed by atoms with Crippen LogP contribution in [0.5, 0.6) is 0 Å². The molecule has 0 aliphatic heterocycles. The molecule has 1 aromatic heterocycles. The van der Waals surface area contributed by atoms with E-state index in [1.807, 2.05) is 12.5 Å². The summed E-state index contributed by atoms with van der Waals surface area (Å²) in [6, 6.07) is 0. The lowest BCUT2D eigenvalue weighted by molar-refractivity contribution is -0.151. The molecule has 1 aliphatic carbocycles. The molecule has 2 rings (SSSR count). The first-order valence-corrected chi connectivity index (χ1v) is 7.43. The molecule has 0 radical (unpaired) electrons. The molecular weight excluding hydrogens is 270 g/mol. The third-order valence-electron chi connectivity index (χ3n) is 4.08. The van der Waals surface area contributed by atoms with Crippen LogP contribution in [0.1, 0.15) is 38.5 Å². The topological polar surface area (TPSA) is 90.4 Å². The fourth-order valence-corrected chi connectivity index (χ4v) is 2.92. The summed E-state index contributed by atoms with van der Waals surface area (Å²) in [5.41, 5.74) is 1.37. The average molecular weight is 293 g/mol. The van der Waals surface area contributed by atoms with E-state index in [9.17, 15) is 4.79 Å². The molecule has 0 aromatic carbocycles. The van der Waals surface area contributed by atoms with Gasteiger partial charge in [-0.15, -0.1) is 0 Å². The second-order valence-electron chi connectivity index (χ2n) is 5.54. The Hall–Kier alpha value is -1.66. The van der Waals surface area contributed by atoms with Gasteiger partial charge in [-0.05, 0) is 31.6 Å². The second kappa shape index (κ2) is 7.95. The number of nitrogens with two attached hydrogens (primary N) is 1. The molecule has 1 unspecified atom stereocenters. The van der Waals surface area contributed by atoms with Crippen molar-refractivity contribution in [1.29, 1.82) is 0 Å². The Morgan fingerprint density at radius 3 is 2.86 bits per heavy atom. The zero-order chi connectivity index (χ0) is 15.1. The molecule has 1 aromatic rings. The first-order valence-electron chi connectivity index (χ1n) is 7.43. The molecule has 116 valence electrons. The molecule has 0 amide bonds. The highest BCUT2D eigenvalue weighted by molar-refractivity contribution is 5.72. The molecule has 6 nitrogen and oxygen atoms in total. The molecule has 1 fully saturated rings. The lowest BCUT2D eigenvalue weighted by atomic mass is 9.95. The molecule has 21 heavy (non-hydrogen) atoms. The van der Waals surface area contributed by atoms with E-state index in [0.717, 1.165) is 6.54 Å². The SMILES string of the molecule is NOC(CCC=C(Cn1ccnc1)C1CCCC1)C(=O)O. The third-order valence-corrected chi connectivity index (χ3v) is 4.08. The van der Waals surface area contributed by atoms with Crippen LogP contribution in [0.25, 0.3) is 0 Å². The van der Waals surface area contributed by atoms with Gasteiger partial charge in [-0.25, -0.2) is 15.7 Å². The van der Waals surface area contributed by atoms with E-state index in [1.54, 1.807) is 6.20 Å². The molecule has 1 heterocycles. The van der Waals surface area contributed by atoms with Gasteiger partial charge in [0.25, 0.3) is 0 Å². The monoisotopic (exact) mass is 293 g/mol. The molecule has 1 aliphatic rings. The van der Waals surface area contributed by atoms with Crippen LogP contribution in [0.4, 0.5) is 0 Å². The first-order chi connectivity index (χ1) is 10.2. The Kier molecular flexibility index (Phi) is 5.95. The lowest BCUT2D eigenvalue weighted by Gasteiger charge is -2.16.